The lowest BCUT2D eigenvalue weighted by Crippen LogP contribution is -1.79. The number of hydrogen-bond acceptors (Lipinski definition) is 0. The fraction of sp³-hybridized carbons (Fsp3) is 0.600. The fourth-order valence-corrected chi connectivity index (χ4v) is 1.97. The molecular formula is C10H14. The normalized spacial score (nSPS) is 24.8. The van der Waals surface area contributed by atoms with Crippen molar-refractivity contribution in [1.29, 1.82) is 0 Å². The lowest BCUT2D eigenvalue weighted by Gasteiger charge is -1.99. The van der Waals surface area contributed by atoms with E-state index in [1.807, 2.05) is 0 Å². The smallest absolute Gasteiger partial charge is 0.0245 e. The molecule has 0 heteroatoms. The van der Waals surface area contributed by atoms with E-state index in [4.69, 9.17) is 0 Å². The first-order chi connectivity index (χ1) is 4.97. The van der Waals surface area contributed by atoms with Gasteiger partial charge in [-0.1, -0.05) is 17.7 Å². The van der Waals surface area contributed by atoms with E-state index < -0.39 is 0 Å². The van der Waals surface area contributed by atoms with E-state index in [9.17, 15) is 0 Å². The van der Waals surface area contributed by atoms with Crippen molar-refractivity contribution in [2.75, 3.05) is 0 Å². The van der Waals surface area contributed by atoms with Gasteiger partial charge in [0.25, 0.3) is 0 Å². The van der Waals surface area contributed by atoms with Crippen LogP contribution in [-0.2, 0) is 0 Å². The number of rotatable bonds is 0. The summed E-state index contributed by atoms with van der Waals surface area (Å²) in [6.45, 7) is 0. The van der Waals surface area contributed by atoms with Crippen molar-refractivity contribution in [3.8, 4) is 0 Å². The molecule has 0 bridgehead atoms. The lowest BCUT2D eigenvalue weighted by molar-refractivity contribution is 0.886. The molecule has 1 fully saturated rings. The molecule has 10 heavy (non-hydrogen) atoms. The van der Waals surface area contributed by atoms with E-state index in [1.165, 1.54) is 38.5 Å². The molecule has 0 radical (unpaired) electrons. The van der Waals surface area contributed by atoms with Gasteiger partial charge in [-0.3, -0.25) is 0 Å². The second-order valence-electron chi connectivity index (χ2n) is 3.28. The Hall–Kier alpha value is -0.520. The van der Waals surface area contributed by atoms with Crippen LogP contribution in [0.25, 0.3) is 0 Å². The SMILES string of the molecule is C1=CC(=C2CCCC2)CC1. The van der Waals surface area contributed by atoms with Crippen molar-refractivity contribution >= 4 is 0 Å². The minimum atomic E-state index is 1.29. The molecule has 0 unspecified atom stereocenters. The lowest BCUT2D eigenvalue weighted by atomic mass is 10.1. The average molecular weight is 134 g/mol. The number of allylic oxidation sites excluding steroid dienone is 4. The third-order valence-electron chi connectivity index (χ3n) is 2.56. The van der Waals surface area contributed by atoms with Crippen LogP contribution < -0.4 is 0 Å². The molecule has 2 aliphatic carbocycles. The summed E-state index contributed by atoms with van der Waals surface area (Å²) < 4.78 is 0. The molecule has 0 aliphatic heterocycles. The average Bonchev–Trinajstić information content (AvgIpc) is 2.59. The first-order valence-electron chi connectivity index (χ1n) is 4.34. The first-order valence-corrected chi connectivity index (χ1v) is 4.34. The highest BCUT2D eigenvalue weighted by Crippen LogP contribution is 2.31. The Bertz CT molecular complexity index is 176. The monoisotopic (exact) mass is 134 g/mol. The molecule has 54 valence electrons. The van der Waals surface area contributed by atoms with E-state index in [2.05, 4.69) is 12.2 Å². The van der Waals surface area contributed by atoms with Gasteiger partial charge in [-0.05, 0) is 44.1 Å². The van der Waals surface area contributed by atoms with Crippen molar-refractivity contribution in [2.45, 2.75) is 38.5 Å². The van der Waals surface area contributed by atoms with Crippen LogP contribution in [0.15, 0.2) is 23.3 Å². The van der Waals surface area contributed by atoms with Crippen molar-refractivity contribution in [3.05, 3.63) is 23.3 Å². The van der Waals surface area contributed by atoms with E-state index >= 15 is 0 Å². The Balaban J connectivity index is 2.18. The van der Waals surface area contributed by atoms with Crippen molar-refractivity contribution in [3.63, 3.8) is 0 Å². The molecule has 0 aromatic rings. The second-order valence-corrected chi connectivity index (χ2v) is 3.28. The van der Waals surface area contributed by atoms with E-state index in [1.54, 1.807) is 11.1 Å². The van der Waals surface area contributed by atoms with Crippen LogP contribution in [0.5, 0.6) is 0 Å². The van der Waals surface area contributed by atoms with Gasteiger partial charge >= 0.3 is 0 Å². The van der Waals surface area contributed by atoms with Crippen LogP contribution in [0.3, 0.4) is 0 Å². The predicted molar refractivity (Wildman–Crippen MR) is 43.9 cm³/mol. The van der Waals surface area contributed by atoms with Crippen molar-refractivity contribution < 1.29 is 0 Å². The van der Waals surface area contributed by atoms with Crippen LogP contribution in [0.1, 0.15) is 38.5 Å². The zero-order valence-electron chi connectivity index (χ0n) is 6.40. The third kappa shape index (κ3) is 1.03. The summed E-state index contributed by atoms with van der Waals surface area (Å²) in [5, 5.41) is 0. The Morgan fingerprint density at radius 1 is 1.00 bits per heavy atom. The minimum Gasteiger partial charge on any atom is -0.0839 e. The largest absolute Gasteiger partial charge is 0.0839 e. The molecule has 0 amide bonds. The predicted octanol–water partition coefficient (Wildman–Crippen LogP) is 3.21. The third-order valence-corrected chi connectivity index (χ3v) is 2.56. The molecule has 0 N–H and O–H groups in total. The van der Waals surface area contributed by atoms with Crippen LogP contribution in [0, 0.1) is 0 Å². The molecule has 1 saturated carbocycles. The zero-order valence-corrected chi connectivity index (χ0v) is 6.40. The maximum Gasteiger partial charge on any atom is -0.0245 e. The Labute approximate surface area is 62.6 Å². The molecule has 0 spiro atoms. The molecule has 0 aromatic heterocycles. The highest BCUT2D eigenvalue weighted by molar-refractivity contribution is 5.31. The summed E-state index contributed by atoms with van der Waals surface area (Å²) in [6.07, 6.45) is 12.9. The van der Waals surface area contributed by atoms with Crippen LogP contribution in [0.4, 0.5) is 0 Å². The van der Waals surface area contributed by atoms with E-state index in [0.29, 0.717) is 0 Å². The van der Waals surface area contributed by atoms with Gasteiger partial charge in [0, 0.05) is 0 Å². The van der Waals surface area contributed by atoms with Gasteiger partial charge in [0.15, 0.2) is 0 Å². The summed E-state index contributed by atoms with van der Waals surface area (Å²) in [5.41, 5.74) is 3.42. The molecule has 0 nitrogen and oxygen atoms in total. The van der Waals surface area contributed by atoms with Gasteiger partial charge < -0.3 is 0 Å². The molecule has 2 rings (SSSR count). The summed E-state index contributed by atoms with van der Waals surface area (Å²) >= 11 is 0. The summed E-state index contributed by atoms with van der Waals surface area (Å²) in [6, 6.07) is 0. The first kappa shape index (κ1) is 6.21. The molecule has 0 heterocycles. The fourth-order valence-electron chi connectivity index (χ4n) is 1.97. The molecule has 0 aromatic carbocycles. The molecule has 0 atom stereocenters. The quantitative estimate of drug-likeness (QED) is 0.477. The summed E-state index contributed by atoms with van der Waals surface area (Å²) in [7, 11) is 0. The summed E-state index contributed by atoms with van der Waals surface area (Å²) in [5.74, 6) is 0. The minimum absolute atomic E-state index is 1.29. The summed E-state index contributed by atoms with van der Waals surface area (Å²) in [4.78, 5) is 0. The molecule has 2 aliphatic rings. The van der Waals surface area contributed by atoms with Crippen LogP contribution >= 0.6 is 0 Å². The maximum atomic E-state index is 2.33. The van der Waals surface area contributed by atoms with E-state index in [-0.39, 0.29) is 0 Å². The maximum absolute atomic E-state index is 2.33. The van der Waals surface area contributed by atoms with E-state index in [0.717, 1.165) is 0 Å². The van der Waals surface area contributed by atoms with Gasteiger partial charge in [0.2, 0.25) is 0 Å². The van der Waals surface area contributed by atoms with Crippen LogP contribution in [-0.4, -0.2) is 0 Å². The standard InChI is InChI=1S/C10H14/c1-2-6-9(5-1)10-7-3-4-8-10/h1,5H,2-4,6-8H2. The Kier molecular flexibility index (Phi) is 1.62. The Morgan fingerprint density at radius 2 is 1.80 bits per heavy atom. The highest BCUT2D eigenvalue weighted by atomic mass is 14.2. The van der Waals surface area contributed by atoms with Gasteiger partial charge in [0.05, 0.1) is 0 Å². The van der Waals surface area contributed by atoms with Crippen molar-refractivity contribution in [1.82, 2.24) is 0 Å². The molecule has 0 saturated heterocycles. The number of hydrogen-bond donors (Lipinski definition) is 0. The van der Waals surface area contributed by atoms with Crippen molar-refractivity contribution in [2.24, 2.45) is 0 Å². The topological polar surface area (TPSA) is 0 Å². The van der Waals surface area contributed by atoms with Gasteiger partial charge in [0.1, 0.15) is 0 Å². The van der Waals surface area contributed by atoms with Gasteiger partial charge in [-0.2, -0.15) is 0 Å². The second kappa shape index (κ2) is 2.61. The molecular weight excluding hydrogens is 120 g/mol. The van der Waals surface area contributed by atoms with Crippen LogP contribution in [0.2, 0.25) is 0 Å². The zero-order chi connectivity index (χ0) is 6.81. The van der Waals surface area contributed by atoms with Gasteiger partial charge in [-0.15, -0.1) is 0 Å². The highest BCUT2D eigenvalue weighted by Gasteiger charge is 2.11. The van der Waals surface area contributed by atoms with Gasteiger partial charge in [-0.25, -0.2) is 0 Å². The Morgan fingerprint density at radius 3 is 2.40 bits per heavy atom.